The zero-order chi connectivity index (χ0) is 15.3. The molecule has 3 N–H and O–H groups in total. The molecule has 2 atom stereocenters. The van der Waals surface area contributed by atoms with Crippen molar-refractivity contribution in [3.8, 4) is 0 Å². The number of nitrogens with zero attached hydrogens (tertiary/aromatic N) is 1. The summed E-state index contributed by atoms with van der Waals surface area (Å²) < 4.78 is 36.7. The summed E-state index contributed by atoms with van der Waals surface area (Å²) in [5.41, 5.74) is 5.74. The number of alkyl halides is 3. The minimum atomic E-state index is -4.16. The molecule has 0 spiro atoms. The largest absolute Gasteiger partial charge is 0.401 e. The van der Waals surface area contributed by atoms with Crippen LogP contribution in [0.15, 0.2) is 0 Å². The van der Waals surface area contributed by atoms with Crippen LogP contribution in [0.1, 0.15) is 26.7 Å². The normalized spacial score (nSPS) is 20.2. The van der Waals surface area contributed by atoms with Crippen molar-refractivity contribution in [3.05, 3.63) is 0 Å². The van der Waals surface area contributed by atoms with Gasteiger partial charge in [-0.05, 0) is 31.2 Å². The minimum absolute atomic E-state index is 0. The van der Waals surface area contributed by atoms with Crippen LogP contribution in [-0.4, -0.2) is 49.2 Å². The second-order valence-corrected chi connectivity index (χ2v) is 5.99. The Hall–Kier alpha value is -0.240. The zero-order valence-corrected chi connectivity index (χ0v) is 14.5. The lowest BCUT2D eigenvalue weighted by Crippen LogP contribution is -2.43. The minimum Gasteiger partial charge on any atom is -0.354 e. The Balaban J connectivity index is 0. The standard InChI is InChI=1S/C13H24F3N3O.2ClH/c1-9(2)5-11(17)12(20)18-6-10-3-4-19(7-10)8-13(14,15)16;;/h9-11H,3-8,17H2,1-2H3,(H,18,20);2*1H/t10?,11-;;/m0../s1. The number of hydrogen-bond donors (Lipinski definition) is 2. The van der Waals surface area contributed by atoms with Gasteiger partial charge in [0, 0.05) is 13.1 Å². The smallest absolute Gasteiger partial charge is 0.354 e. The van der Waals surface area contributed by atoms with Gasteiger partial charge < -0.3 is 11.1 Å². The number of amides is 1. The number of likely N-dealkylation sites (tertiary alicyclic amines) is 1. The number of halogens is 5. The van der Waals surface area contributed by atoms with E-state index in [1.54, 1.807) is 0 Å². The number of carbonyl (C=O) groups is 1. The van der Waals surface area contributed by atoms with Gasteiger partial charge in [-0.3, -0.25) is 9.69 Å². The molecule has 1 saturated heterocycles. The Kier molecular flexibility index (Phi) is 11.5. The van der Waals surface area contributed by atoms with Gasteiger partial charge in [-0.1, -0.05) is 13.8 Å². The summed E-state index contributed by atoms with van der Waals surface area (Å²) in [7, 11) is 0. The van der Waals surface area contributed by atoms with Gasteiger partial charge in [-0.25, -0.2) is 0 Å². The maximum absolute atomic E-state index is 12.2. The van der Waals surface area contributed by atoms with E-state index in [4.69, 9.17) is 5.73 Å². The molecule has 1 aliphatic heterocycles. The Labute approximate surface area is 142 Å². The number of carbonyl (C=O) groups excluding carboxylic acids is 1. The monoisotopic (exact) mass is 367 g/mol. The molecule has 0 aromatic heterocycles. The molecule has 1 aliphatic rings. The molecule has 1 amide bonds. The topological polar surface area (TPSA) is 58.4 Å². The van der Waals surface area contributed by atoms with Crippen LogP contribution in [0.4, 0.5) is 13.2 Å². The average Bonchev–Trinajstić information content (AvgIpc) is 2.70. The average molecular weight is 368 g/mol. The fourth-order valence-electron chi connectivity index (χ4n) is 2.47. The fourth-order valence-corrected chi connectivity index (χ4v) is 2.47. The Bertz CT molecular complexity index is 330. The van der Waals surface area contributed by atoms with Crippen LogP contribution >= 0.6 is 24.8 Å². The van der Waals surface area contributed by atoms with Gasteiger partial charge in [-0.15, -0.1) is 24.8 Å². The summed E-state index contributed by atoms with van der Waals surface area (Å²) in [6, 6.07) is -0.539. The maximum Gasteiger partial charge on any atom is 0.401 e. The molecular formula is C13H26Cl2F3N3O. The highest BCUT2D eigenvalue weighted by Crippen LogP contribution is 2.22. The van der Waals surface area contributed by atoms with Crippen LogP contribution < -0.4 is 11.1 Å². The quantitative estimate of drug-likeness (QED) is 0.756. The molecule has 1 fully saturated rings. The summed E-state index contributed by atoms with van der Waals surface area (Å²) in [5, 5.41) is 2.74. The fraction of sp³-hybridized carbons (Fsp3) is 0.923. The molecule has 134 valence electrons. The lowest BCUT2D eigenvalue weighted by atomic mass is 10.0. The predicted molar refractivity (Wildman–Crippen MR) is 85.5 cm³/mol. The highest BCUT2D eigenvalue weighted by molar-refractivity contribution is 5.85. The summed E-state index contributed by atoms with van der Waals surface area (Å²) in [6.07, 6.45) is -2.87. The summed E-state index contributed by atoms with van der Waals surface area (Å²) in [5.74, 6) is 0.199. The van der Waals surface area contributed by atoms with Crippen molar-refractivity contribution in [1.82, 2.24) is 10.2 Å². The van der Waals surface area contributed by atoms with Crippen LogP contribution in [0.3, 0.4) is 0 Å². The molecule has 9 heteroatoms. The third-order valence-electron chi connectivity index (χ3n) is 3.40. The molecule has 1 unspecified atom stereocenters. The summed E-state index contributed by atoms with van der Waals surface area (Å²) >= 11 is 0. The van der Waals surface area contributed by atoms with E-state index < -0.39 is 18.8 Å². The lowest BCUT2D eigenvalue weighted by Gasteiger charge is -2.19. The van der Waals surface area contributed by atoms with E-state index in [0.717, 1.165) is 0 Å². The highest BCUT2D eigenvalue weighted by atomic mass is 35.5. The van der Waals surface area contributed by atoms with Gasteiger partial charge in [0.15, 0.2) is 0 Å². The summed E-state index contributed by atoms with van der Waals surface area (Å²) in [4.78, 5) is 13.1. The zero-order valence-electron chi connectivity index (χ0n) is 12.9. The van der Waals surface area contributed by atoms with Crippen molar-refractivity contribution in [2.75, 3.05) is 26.2 Å². The molecule has 0 bridgehead atoms. The number of hydrogen-bond acceptors (Lipinski definition) is 3. The van der Waals surface area contributed by atoms with Gasteiger partial charge in [-0.2, -0.15) is 13.2 Å². The van der Waals surface area contributed by atoms with Crippen molar-refractivity contribution in [2.24, 2.45) is 17.6 Å². The van der Waals surface area contributed by atoms with E-state index in [-0.39, 0.29) is 36.6 Å². The second-order valence-electron chi connectivity index (χ2n) is 5.99. The van der Waals surface area contributed by atoms with Gasteiger partial charge >= 0.3 is 6.18 Å². The molecule has 0 aromatic carbocycles. The molecule has 4 nitrogen and oxygen atoms in total. The molecule has 0 radical (unpaired) electrons. The third-order valence-corrected chi connectivity index (χ3v) is 3.40. The first-order chi connectivity index (χ1) is 9.17. The van der Waals surface area contributed by atoms with Gasteiger partial charge in [0.05, 0.1) is 12.6 Å². The van der Waals surface area contributed by atoms with E-state index in [1.165, 1.54) is 4.90 Å². The molecular weight excluding hydrogens is 342 g/mol. The van der Waals surface area contributed by atoms with E-state index in [1.807, 2.05) is 13.8 Å². The van der Waals surface area contributed by atoms with Crippen molar-refractivity contribution in [2.45, 2.75) is 38.9 Å². The number of nitrogens with two attached hydrogens (primary N) is 1. The van der Waals surface area contributed by atoms with E-state index in [9.17, 15) is 18.0 Å². The van der Waals surface area contributed by atoms with E-state index >= 15 is 0 Å². The van der Waals surface area contributed by atoms with Crippen molar-refractivity contribution in [1.29, 1.82) is 0 Å². The molecule has 22 heavy (non-hydrogen) atoms. The Morgan fingerprint density at radius 1 is 1.36 bits per heavy atom. The molecule has 0 aromatic rings. The first-order valence-corrected chi connectivity index (χ1v) is 6.99. The van der Waals surface area contributed by atoms with Crippen molar-refractivity contribution < 1.29 is 18.0 Å². The number of nitrogens with one attached hydrogen (secondary N) is 1. The maximum atomic E-state index is 12.2. The Morgan fingerprint density at radius 3 is 2.45 bits per heavy atom. The molecule has 1 heterocycles. The van der Waals surface area contributed by atoms with Crippen molar-refractivity contribution in [3.63, 3.8) is 0 Å². The van der Waals surface area contributed by atoms with E-state index in [2.05, 4.69) is 5.32 Å². The molecule has 1 rings (SSSR count). The third kappa shape index (κ3) is 9.71. The van der Waals surface area contributed by atoms with E-state index in [0.29, 0.717) is 38.4 Å². The van der Waals surface area contributed by atoms with Crippen LogP contribution in [0.2, 0.25) is 0 Å². The van der Waals surface area contributed by atoms with Crippen LogP contribution in [0.25, 0.3) is 0 Å². The molecule has 0 saturated carbocycles. The number of rotatable bonds is 6. The second kappa shape index (κ2) is 10.5. The van der Waals surface area contributed by atoms with Gasteiger partial charge in [0.25, 0.3) is 0 Å². The predicted octanol–water partition coefficient (Wildman–Crippen LogP) is 2.20. The lowest BCUT2D eigenvalue weighted by molar-refractivity contribution is -0.143. The van der Waals surface area contributed by atoms with Gasteiger partial charge in [0.2, 0.25) is 5.91 Å². The SMILES string of the molecule is CC(C)C[C@H](N)C(=O)NCC1CCN(CC(F)(F)F)C1.Cl.Cl. The van der Waals surface area contributed by atoms with Crippen LogP contribution in [-0.2, 0) is 4.79 Å². The summed E-state index contributed by atoms with van der Waals surface area (Å²) in [6.45, 7) is 4.30. The molecule has 0 aliphatic carbocycles. The Morgan fingerprint density at radius 2 is 1.95 bits per heavy atom. The van der Waals surface area contributed by atoms with Crippen LogP contribution in [0, 0.1) is 11.8 Å². The first-order valence-electron chi connectivity index (χ1n) is 6.99. The van der Waals surface area contributed by atoms with Gasteiger partial charge in [0.1, 0.15) is 0 Å². The van der Waals surface area contributed by atoms with Crippen molar-refractivity contribution >= 4 is 30.7 Å². The highest BCUT2D eigenvalue weighted by Gasteiger charge is 2.34. The first kappa shape index (κ1) is 24.0. The van der Waals surface area contributed by atoms with Crippen LogP contribution in [0.5, 0.6) is 0 Å².